The van der Waals surface area contributed by atoms with Crippen molar-refractivity contribution in [3.63, 3.8) is 0 Å². The van der Waals surface area contributed by atoms with Crippen molar-refractivity contribution in [3.05, 3.63) is 59.4 Å². The number of nitrogens with one attached hydrogen (secondary N) is 1. The standard InChI is InChI=1S/C23H27FN2O3/c24-20-5-2-1-4-18(20)16-10-12-26(13-11-16)14-17(27)15-29-22-7-3-6-21-19(22)8-9-23(28)25-21/h1-7,16-17,27H,8-15H2,(H,25,28). The van der Waals surface area contributed by atoms with E-state index in [2.05, 4.69) is 10.2 Å². The molecule has 1 fully saturated rings. The van der Waals surface area contributed by atoms with E-state index in [1.54, 1.807) is 6.07 Å². The first kappa shape index (κ1) is 19.9. The summed E-state index contributed by atoms with van der Waals surface area (Å²) < 4.78 is 19.9. The van der Waals surface area contributed by atoms with Gasteiger partial charge in [0, 0.05) is 24.2 Å². The number of anilines is 1. The topological polar surface area (TPSA) is 61.8 Å². The Bertz CT molecular complexity index is 865. The summed E-state index contributed by atoms with van der Waals surface area (Å²) in [6, 6.07) is 12.6. The van der Waals surface area contributed by atoms with E-state index in [9.17, 15) is 14.3 Å². The molecule has 2 aliphatic rings. The van der Waals surface area contributed by atoms with Crippen molar-refractivity contribution in [2.75, 3.05) is 31.6 Å². The number of β-amino-alcohol motifs (C(OH)–C–C–N with tert-alkyl or cyclic N) is 1. The van der Waals surface area contributed by atoms with Gasteiger partial charge in [0.1, 0.15) is 24.3 Å². The van der Waals surface area contributed by atoms with Crippen LogP contribution in [0.2, 0.25) is 0 Å². The van der Waals surface area contributed by atoms with Crippen LogP contribution in [0.25, 0.3) is 0 Å². The van der Waals surface area contributed by atoms with Crippen molar-refractivity contribution in [1.29, 1.82) is 0 Å². The molecule has 1 amide bonds. The highest BCUT2D eigenvalue weighted by Crippen LogP contribution is 2.32. The van der Waals surface area contributed by atoms with Gasteiger partial charge in [0.15, 0.2) is 0 Å². The number of aliphatic hydroxyl groups is 1. The van der Waals surface area contributed by atoms with Gasteiger partial charge in [0.25, 0.3) is 0 Å². The molecule has 154 valence electrons. The fourth-order valence-electron chi connectivity index (χ4n) is 4.30. The summed E-state index contributed by atoms with van der Waals surface area (Å²) in [7, 11) is 0. The molecule has 1 atom stereocenters. The second-order valence-electron chi connectivity index (χ2n) is 7.89. The Kier molecular flexibility index (Phi) is 6.11. The third kappa shape index (κ3) is 4.77. The summed E-state index contributed by atoms with van der Waals surface area (Å²) in [6.07, 6.45) is 2.28. The Hall–Kier alpha value is -2.44. The number of aliphatic hydroxyl groups excluding tert-OH is 1. The minimum atomic E-state index is -0.603. The number of piperidine rings is 1. The zero-order valence-corrected chi connectivity index (χ0v) is 16.4. The number of carbonyl (C=O) groups is 1. The zero-order valence-electron chi connectivity index (χ0n) is 16.4. The molecule has 2 N–H and O–H groups in total. The van der Waals surface area contributed by atoms with E-state index in [4.69, 9.17) is 4.74 Å². The van der Waals surface area contributed by atoms with Gasteiger partial charge in [0.2, 0.25) is 5.91 Å². The van der Waals surface area contributed by atoms with Gasteiger partial charge in [-0.2, -0.15) is 0 Å². The van der Waals surface area contributed by atoms with Crippen LogP contribution in [0, 0.1) is 5.82 Å². The number of ether oxygens (including phenoxy) is 1. The van der Waals surface area contributed by atoms with Crippen molar-refractivity contribution >= 4 is 11.6 Å². The third-order valence-electron chi connectivity index (χ3n) is 5.84. The summed E-state index contributed by atoms with van der Waals surface area (Å²) in [4.78, 5) is 13.8. The van der Waals surface area contributed by atoms with Gasteiger partial charge in [-0.3, -0.25) is 4.79 Å². The van der Waals surface area contributed by atoms with Crippen LogP contribution < -0.4 is 10.1 Å². The fourth-order valence-corrected chi connectivity index (χ4v) is 4.30. The average molecular weight is 398 g/mol. The lowest BCUT2D eigenvalue weighted by Crippen LogP contribution is -2.40. The number of likely N-dealkylation sites (tertiary alicyclic amines) is 1. The summed E-state index contributed by atoms with van der Waals surface area (Å²) >= 11 is 0. The maximum atomic E-state index is 14.0. The number of rotatable bonds is 6. The van der Waals surface area contributed by atoms with Crippen LogP contribution in [0.4, 0.5) is 10.1 Å². The number of fused-ring (bicyclic) bond motifs is 1. The van der Waals surface area contributed by atoms with E-state index in [1.165, 1.54) is 6.07 Å². The van der Waals surface area contributed by atoms with Crippen molar-refractivity contribution in [2.24, 2.45) is 0 Å². The summed E-state index contributed by atoms with van der Waals surface area (Å²) in [5, 5.41) is 13.3. The first-order valence-corrected chi connectivity index (χ1v) is 10.3. The maximum absolute atomic E-state index is 14.0. The molecule has 0 aliphatic carbocycles. The minimum Gasteiger partial charge on any atom is -0.490 e. The molecule has 1 saturated heterocycles. The highest BCUT2D eigenvalue weighted by atomic mass is 19.1. The fraction of sp³-hybridized carbons (Fsp3) is 0.435. The SMILES string of the molecule is O=C1CCc2c(cccc2OCC(O)CN2CCC(c3ccccc3F)CC2)N1. The second kappa shape index (κ2) is 8.93. The molecule has 6 heteroatoms. The molecular formula is C23H27FN2O3. The Morgan fingerprint density at radius 2 is 1.93 bits per heavy atom. The van der Waals surface area contributed by atoms with E-state index >= 15 is 0 Å². The largest absolute Gasteiger partial charge is 0.490 e. The molecule has 0 aromatic heterocycles. The predicted octanol–water partition coefficient (Wildman–Crippen LogP) is 3.33. The maximum Gasteiger partial charge on any atom is 0.224 e. The average Bonchev–Trinajstić information content (AvgIpc) is 2.73. The summed E-state index contributed by atoms with van der Waals surface area (Å²) in [5.74, 6) is 0.863. The van der Waals surface area contributed by atoms with Gasteiger partial charge in [-0.1, -0.05) is 24.3 Å². The molecule has 0 saturated carbocycles. The predicted molar refractivity (Wildman–Crippen MR) is 110 cm³/mol. The lowest BCUT2D eigenvalue weighted by Gasteiger charge is -2.33. The number of carbonyl (C=O) groups excluding carboxylic acids is 1. The normalized spacial score (nSPS) is 18.8. The number of amides is 1. The highest BCUT2D eigenvalue weighted by Gasteiger charge is 2.24. The van der Waals surface area contributed by atoms with Gasteiger partial charge < -0.3 is 20.1 Å². The molecule has 0 bridgehead atoms. The highest BCUT2D eigenvalue weighted by molar-refractivity contribution is 5.94. The van der Waals surface area contributed by atoms with Gasteiger partial charge in [-0.25, -0.2) is 4.39 Å². The van der Waals surface area contributed by atoms with Gasteiger partial charge in [-0.15, -0.1) is 0 Å². The zero-order chi connectivity index (χ0) is 20.2. The molecule has 2 heterocycles. The first-order chi connectivity index (χ1) is 14.1. The second-order valence-corrected chi connectivity index (χ2v) is 7.89. The molecule has 0 radical (unpaired) electrons. The Balaban J connectivity index is 1.26. The van der Waals surface area contributed by atoms with Crippen molar-refractivity contribution in [2.45, 2.75) is 37.7 Å². The number of nitrogens with zero attached hydrogens (tertiary/aromatic N) is 1. The van der Waals surface area contributed by atoms with E-state index in [0.29, 0.717) is 19.4 Å². The lowest BCUT2D eigenvalue weighted by molar-refractivity contribution is -0.116. The van der Waals surface area contributed by atoms with E-state index < -0.39 is 6.10 Å². The van der Waals surface area contributed by atoms with E-state index in [0.717, 1.165) is 48.5 Å². The third-order valence-corrected chi connectivity index (χ3v) is 5.84. The van der Waals surface area contributed by atoms with E-state index in [1.807, 2.05) is 30.3 Å². The number of hydrogen-bond donors (Lipinski definition) is 2. The molecule has 2 aromatic rings. The number of benzene rings is 2. The molecular weight excluding hydrogens is 371 g/mol. The molecule has 1 unspecified atom stereocenters. The van der Waals surface area contributed by atoms with Crippen LogP contribution in [-0.2, 0) is 11.2 Å². The Labute approximate surface area is 170 Å². The number of halogens is 1. The van der Waals surface area contributed by atoms with Gasteiger partial charge in [0.05, 0.1) is 0 Å². The van der Waals surface area contributed by atoms with Crippen molar-refractivity contribution < 1.29 is 19.0 Å². The number of hydrogen-bond acceptors (Lipinski definition) is 4. The minimum absolute atomic E-state index is 0.0217. The molecule has 5 nitrogen and oxygen atoms in total. The van der Waals surface area contributed by atoms with Crippen LogP contribution in [0.15, 0.2) is 42.5 Å². The first-order valence-electron chi connectivity index (χ1n) is 10.3. The Morgan fingerprint density at radius 1 is 1.14 bits per heavy atom. The summed E-state index contributed by atoms with van der Waals surface area (Å²) in [5.41, 5.74) is 2.59. The smallest absolute Gasteiger partial charge is 0.224 e. The van der Waals surface area contributed by atoms with Gasteiger partial charge >= 0.3 is 0 Å². The van der Waals surface area contributed by atoms with E-state index in [-0.39, 0.29) is 24.2 Å². The summed E-state index contributed by atoms with van der Waals surface area (Å²) in [6.45, 7) is 2.42. The van der Waals surface area contributed by atoms with Crippen LogP contribution >= 0.6 is 0 Å². The van der Waals surface area contributed by atoms with Crippen LogP contribution in [0.1, 0.15) is 36.3 Å². The molecule has 2 aromatic carbocycles. The van der Waals surface area contributed by atoms with Crippen LogP contribution in [0.5, 0.6) is 5.75 Å². The van der Waals surface area contributed by atoms with Crippen molar-refractivity contribution in [3.8, 4) is 5.75 Å². The monoisotopic (exact) mass is 398 g/mol. The molecule has 29 heavy (non-hydrogen) atoms. The molecule has 2 aliphatic heterocycles. The van der Waals surface area contributed by atoms with Crippen LogP contribution in [0.3, 0.4) is 0 Å². The quantitative estimate of drug-likeness (QED) is 0.784. The lowest BCUT2D eigenvalue weighted by atomic mass is 9.89. The van der Waals surface area contributed by atoms with Gasteiger partial charge in [-0.05, 0) is 62.0 Å². The van der Waals surface area contributed by atoms with Crippen LogP contribution in [-0.4, -0.2) is 48.3 Å². The Morgan fingerprint density at radius 3 is 2.72 bits per heavy atom. The molecule has 0 spiro atoms. The molecule has 4 rings (SSSR count). The van der Waals surface area contributed by atoms with Crippen molar-refractivity contribution in [1.82, 2.24) is 4.90 Å².